The van der Waals surface area contributed by atoms with E-state index < -0.39 is 84.6 Å². The van der Waals surface area contributed by atoms with Gasteiger partial charge in [-0.3, -0.25) is 28.1 Å². The van der Waals surface area contributed by atoms with Crippen molar-refractivity contribution >= 4 is 69.1 Å². The zero-order chi connectivity index (χ0) is 40.6. The Balaban J connectivity index is 1.51. The van der Waals surface area contributed by atoms with Gasteiger partial charge in [0.1, 0.15) is 36.3 Å². The molecule has 2 aromatic rings. The lowest BCUT2D eigenvalue weighted by Crippen LogP contribution is -2.46. The quantitative estimate of drug-likeness (QED) is 0.0625. The highest BCUT2D eigenvalue weighted by atomic mass is 32.2. The highest BCUT2D eigenvalue weighted by Crippen LogP contribution is 2.56. The van der Waals surface area contributed by atoms with Gasteiger partial charge in [0.05, 0.1) is 27.4 Å². The number of aliphatic hydroxyl groups is 2. The number of nitrogens with two attached hydrogens (primary N) is 1. The average Bonchev–Trinajstić information content (AvgIpc) is 3.60. The summed E-state index contributed by atoms with van der Waals surface area (Å²) in [7, 11) is -17.6. The number of hydrogen-bond acceptors (Lipinski definition) is 22. The van der Waals surface area contributed by atoms with Crippen molar-refractivity contribution < 1.29 is 80.5 Å². The Bertz CT molecular complexity index is 1780. The first-order chi connectivity index (χ1) is 24.9. The molecular formula is C26H40N7O17P3S-4. The van der Waals surface area contributed by atoms with Gasteiger partial charge in [-0.1, -0.05) is 39.5 Å². The molecule has 3 rings (SSSR count). The number of nitrogen functional groups attached to an aromatic ring is 1. The standard InChI is InChI=1S/C26H44N7O17P3S/c1-14(2)9-17(35)54-8-7-28-16(34)5-6-29-24(38)21(37)26(3,4)11-47-53(44,45)50-52(42,43)46-10-15-20(49-51(39,40)41)19(36)25(48-15)33-13-32-18-22(27)30-12-31-23(18)33/h12-15,19-21,25,36-37H,5-11H2,1-4H3,(H,28,34)(H,29,38)(H,42,43)(H,44,45)(H2,27,30,31)(H2,39,40,41)/p-4. The Morgan fingerprint density at radius 2 is 1.74 bits per heavy atom. The summed E-state index contributed by atoms with van der Waals surface area (Å²) in [5.41, 5.74) is 4.07. The molecule has 0 saturated carbocycles. The van der Waals surface area contributed by atoms with Gasteiger partial charge >= 0.3 is 0 Å². The molecule has 1 aliphatic heterocycles. The van der Waals surface area contributed by atoms with Gasteiger partial charge in [-0.25, -0.2) is 19.3 Å². The molecule has 0 bridgehead atoms. The predicted molar refractivity (Wildman–Crippen MR) is 178 cm³/mol. The number of nitrogens with zero attached hydrogens (tertiary/aromatic N) is 4. The van der Waals surface area contributed by atoms with Gasteiger partial charge in [0, 0.05) is 37.1 Å². The number of ether oxygens (including phenoxy) is 1. The van der Waals surface area contributed by atoms with Crippen molar-refractivity contribution in [3.8, 4) is 0 Å². The van der Waals surface area contributed by atoms with E-state index >= 15 is 0 Å². The van der Waals surface area contributed by atoms with E-state index in [0.717, 1.165) is 29.0 Å². The van der Waals surface area contributed by atoms with E-state index in [-0.39, 0.29) is 47.5 Å². The normalized spacial score (nSPS) is 22.1. The Morgan fingerprint density at radius 3 is 2.39 bits per heavy atom. The number of anilines is 1. The minimum absolute atomic E-state index is 0.000112. The number of fused-ring (bicyclic) bond motifs is 1. The number of phosphoric ester groups is 3. The van der Waals surface area contributed by atoms with Crippen LogP contribution in [0.3, 0.4) is 0 Å². The molecule has 1 aliphatic rings. The average molecular weight is 848 g/mol. The molecule has 0 spiro atoms. The lowest BCUT2D eigenvalue weighted by atomic mass is 9.87. The summed E-state index contributed by atoms with van der Waals surface area (Å²) in [6, 6.07) is 0. The number of rotatable bonds is 21. The van der Waals surface area contributed by atoms with Crippen molar-refractivity contribution in [1.82, 2.24) is 30.2 Å². The summed E-state index contributed by atoms with van der Waals surface area (Å²) < 4.78 is 60.4. The smallest absolute Gasteiger partial charge is 0.274 e. The fourth-order valence-corrected chi connectivity index (χ4v) is 8.28. The second-order valence-electron chi connectivity index (χ2n) is 12.8. The molecule has 7 unspecified atom stereocenters. The molecule has 1 fully saturated rings. The van der Waals surface area contributed by atoms with E-state index in [9.17, 15) is 57.9 Å². The molecule has 0 radical (unpaired) electrons. The number of nitrogens with one attached hydrogen (secondary N) is 2. The van der Waals surface area contributed by atoms with Crippen molar-refractivity contribution in [2.24, 2.45) is 11.3 Å². The Labute approximate surface area is 312 Å². The van der Waals surface area contributed by atoms with Crippen LogP contribution in [0, 0.1) is 11.3 Å². The van der Waals surface area contributed by atoms with Crippen LogP contribution in [-0.2, 0) is 50.7 Å². The second kappa shape index (κ2) is 19.1. The number of imidazole rings is 1. The van der Waals surface area contributed by atoms with Crippen LogP contribution in [0.4, 0.5) is 5.82 Å². The van der Waals surface area contributed by atoms with Gasteiger partial charge in [0.2, 0.25) is 11.8 Å². The van der Waals surface area contributed by atoms with Crippen LogP contribution < -0.4 is 35.9 Å². The second-order valence-corrected chi connectivity index (χ2v) is 18.0. The van der Waals surface area contributed by atoms with Crippen molar-refractivity contribution in [3.63, 3.8) is 0 Å². The third kappa shape index (κ3) is 13.9. The topological polar surface area (TPSA) is 375 Å². The number of carbonyl (C=O) groups is 3. The number of thioether (sulfide) groups is 1. The molecule has 54 heavy (non-hydrogen) atoms. The molecule has 28 heteroatoms. The Hall–Kier alpha value is -2.44. The molecule has 6 N–H and O–H groups in total. The van der Waals surface area contributed by atoms with Crippen molar-refractivity contribution in [2.45, 2.75) is 71.2 Å². The van der Waals surface area contributed by atoms with E-state index in [4.69, 9.17) is 10.5 Å². The largest absolute Gasteiger partial charge is 0.790 e. The van der Waals surface area contributed by atoms with Crippen LogP contribution >= 0.6 is 35.2 Å². The van der Waals surface area contributed by atoms with Crippen molar-refractivity contribution in [3.05, 3.63) is 12.7 Å². The highest BCUT2D eigenvalue weighted by Gasteiger charge is 2.47. The fourth-order valence-electron chi connectivity index (χ4n) is 4.66. The maximum atomic E-state index is 12.5. The number of phosphoric acid groups is 3. The first-order valence-corrected chi connectivity index (χ1v) is 21.3. The Kier molecular flexibility index (Phi) is 16.3. The van der Waals surface area contributed by atoms with Gasteiger partial charge in [-0.15, -0.1) is 0 Å². The van der Waals surface area contributed by atoms with E-state index in [1.165, 1.54) is 13.8 Å². The van der Waals surface area contributed by atoms with Crippen molar-refractivity contribution in [1.29, 1.82) is 0 Å². The molecule has 7 atom stereocenters. The summed E-state index contributed by atoms with van der Waals surface area (Å²) in [5.74, 6) is -0.962. The van der Waals surface area contributed by atoms with E-state index in [0.29, 0.717) is 12.2 Å². The molecule has 0 aliphatic carbocycles. The van der Waals surface area contributed by atoms with Crippen LogP contribution in [-0.4, -0.2) is 103 Å². The highest BCUT2D eigenvalue weighted by molar-refractivity contribution is 8.13. The van der Waals surface area contributed by atoms with E-state index in [2.05, 4.69) is 43.5 Å². The molecule has 0 aromatic carbocycles. The SMILES string of the molecule is CC(C)CC(=O)SCCNC(=O)CCNC(=O)C(O)C(C)(C)COP(=O)([O-])OP(=O)([O-])OCC1OC(n2cnc3c(N)ncnc32)C(O)C1OP(=O)([O-])[O-]. The lowest BCUT2D eigenvalue weighted by molar-refractivity contribution is -0.347. The number of hydrogen-bond donors (Lipinski definition) is 5. The molecule has 306 valence electrons. The van der Waals surface area contributed by atoms with Crippen molar-refractivity contribution in [2.75, 3.05) is 37.8 Å². The fraction of sp³-hybridized carbons (Fsp3) is 0.692. The van der Waals surface area contributed by atoms with Crippen LogP contribution in [0.5, 0.6) is 0 Å². The first-order valence-electron chi connectivity index (χ1n) is 15.9. The number of carbonyl (C=O) groups excluding carboxylic acids is 3. The molecular weight excluding hydrogens is 807 g/mol. The summed E-state index contributed by atoms with van der Waals surface area (Å²) in [6.07, 6.45) is -7.15. The molecule has 2 amide bonds. The van der Waals surface area contributed by atoms with E-state index in [1.807, 2.05) is 13.8 Å². The van der Waals surface area contributed by atoms with Gasteiger partial charge in [-0.2, -0.15) is 0 Å². The monoisotopic (exact) mass is 847 g/mol. The van der Waals surface area contributed by atoms with Crippen LogP contribution in [0.25, 0.3) is 11.2 Å². The Morgan fingerprint density at radius 1 is 1.07 bits per heavy atom. The first kappa shape index (κ1) is 45.9. The molecule has 1 saturated heterocycles. The van der Waals surface area contributed by atoms with Gasteiger partial charge in [-0.05, 0) is 5.92 Å². The van der Waals surface area contributed by atoms with Gasteiger partial charge < -0.3 is 69.0 Å². The summed E-state index contributed by atoms with van der Waals surface area (Å²) in [4.78, 5) is 95.5. The van der Waals surface area contributed by atoms with Crippen LogP contribution in [0.1, 0.15) is 46.8 Å². The summed E-state index contributed by atoms with van der Waals surface area (Å²) in [6.45, 7) is 3.95. The zero-order valence-electron chi connectivity index (χ0n) is 29.2. The maximum absolute atomic E-state index is 12.5. The summed E-state index contributed by atoms with van der Waals surface area (Å²) >= 11 is 1.09. The maximum Gasteiger partial charge on any atom is 0.274 e. The predicted octanol–water partition coefficient (Wildman–Crippen LogP) is -2.82. The van der Waals surface area contributed by atoms with E-state index in [1.54, 1.807) is 0 Å². The molecule has 3 heterocycles. The van der Waals surface area contributed by atoms with Gasteiger partial charge in [0.25, 0.3) is 15.6 Å². The van der Waals surface area contributed by atoms with Gasteiger partial charge in [0.15, 0.2) is 22.8 Å². The summed E-state index contributed by atoms with van der Waals surface area (Å²) in [5, 5.41) is 26.1. The number of aliphatic hydroxyl groups excluding tert-OH is 2. The zero-order valence-corrected chi connectivity index (χ0v) is 32.7. The number of amides is 2. The number of aromatic nitrogens is 4. The minimum Gasteiger partial charge on any atom is -0.790 e. The minimum atomic E-state index is -5.91. The lowest BCUT2D eigenvalue weighted by Gasteiger charge is -2.36. The molecule has 24 nitrogen and oxygen atoms in total. The third-order valence-electron chi connectivity index (χ3n) is 7.32. The molecule has 2 aromatic heterocycles. The van der Waals surface area contributed by atoms with Crippen LogP contribution in [0.2, 0.25) is 0 Å². The third-order valence-corrected chi connectivity index (χ3v) is 11.2. The van der Waals surface area contributed by atoms with Crippen LogP contribution in [0.15, 0.2) is 12.7 Å².